The van der Waals surface area contributed by atoms with E-state index in [-0.39, 0.29) is 16.5 Å². The standard InChI is InChI=1S/C8H4BrF3N2/c9-6-4(1-2-13)5(7(10)11)3-14-8(6)12/h3,7H,1H2. The Morgan fingerprint density at radius 3 is 2.71 bits per heavy atom. The number of hydrogen-bond donors (Lipinski definition) is 0. The number of hydrogen-bond acceptors (Lipinski definition) is 2. The molecule has 0 fully saturated rings. The van der Waals surface area contributed by atoms with Crippen molar-refractivity contribution in [2.75, 3.05) is 0 Å². The number of halogens is 4. The largest absolute Gasteiger partial charge is 0.265 e. The van der Waals surface area contributed by atoms with Gasteiger partial charge in [-0.3, -0.25) is 0 Å². The Labute approximate surface area is 86.5 Å². The first-order valence-electron chi connectivity index (χ1n) is 3.55. The number of rotatable bonds is 2. The maximum absolute atomic E-state index is 12.8. The molecule has 0 amide bonds. The van der Waals surface area contributed by atoms with Crippen molar-refractivity contribution < 1.29 is 13.2 Å². The molecule has 0 saturated carbocycles. The lowest BCUT2D eigenvalue weighted by molar-refractivity contribution is 0.149. The van der Waals surface area contributed by atoms with Gasteiger partial charge in [0.2, 0.25) is 5.95 Å². The van der Waals surface area contributed by atoms with Gasteiger partial charge in [-0.15, -0.1) is 0 Å². The van der Waals surface area contributed by atoms with Crippen LogP contribution in [0.4, 0.5) is 13.2 Å². The minimum absolute atomic E-state index is 0.0463. The van der Waals surface area contributed by atoms with Gasteiger partial charge in [0.25, 0.3) is 6.43 Å². The lowest BCUT2D eigenvalue weighted by Gasteiger charge is -2.07. The highest BCUT2D eigenvalue weighted by molar-refractivity contribution is 9.10. The fourth-order valence-electron chi connectivity index (χ4n) is 0.959. The normalized spacial score (nSPS) is 10.3. The van der Waals surface area contributed by atoms with Gasteiger partial charge < -0.3 is 0 Å². The van der Waals surface area contributed by atoms with Crippen molar-refractivity contribution in [3.05, 3.63) is 27.7 Å². The topological polar surface area (TPSA) is 36.7 Å². The monoisotopic (exact) mass is 264 g/mol. The molecule has 0 N–H and O–H groups in total. The van der Waals surface area contributed by atoms with Crippen molar-refractivity contribution in [1.29, 1.82) is 5.26 Å². The number of nitriles is 1. The third kappa shape index (κ3) is 2.04. The third-order valence-electron chi connectivity index (χ3n) is 1.60. The molecule has 0 aliphatic rings. The van der Waals surface area contributed by atoms with E-state index in [1.165, 1.54) is 0 Å². The van der Waals surface area contributed by atoms with Crippen LogP contribution in [-0.2, 0) is 6.42 Å². The van der Waals surface area contributed by atoms with Crippen LogP contribution < -0.4 is 0 Å². The van der Waals surface area contributed by atoms with E-state index < -0.39 is 17.9 Å². The molecule has 0 spiro atoms. The highest BCUT2D eigenvalue weighted by Crippen LogP contribution is 2.29. The summed E-state index contributed by atoms with van der Waals surface area (Å²) < 4.78 is 37.4. The first-order chi connectivity index (χ1) is 6.57. The van der Waals surface area contributed by atoms with Crippen molar-refractivity contribution >= 4 is 15.9 Å². The highest BCUT2D eigenvalue weighted by atomic mass is 79.9. The molecule has 2 nitrogen and oxygen atoms in total. The van der Waals surface area contributed by atoms with Gasteiger partial charge in [0.05, 0.1) is 17.0 Å². The fourth-order valence-corrected chi connectivity index (χ4v) is 1.43. The smallest absolute Gasteiger partial charge is 0.227 e. The molecule has 0 unspecified atom stereocenters. The summed E-state index contributed by atoms with van der Waals surface area (Å²) in [4.78, 5) is 3.14. The lowest BCUT2D eigenvalue weighted by Crippen LogP contribution is -2.00. The fraction of sp³-hybridized carbons (Fsp3) is 0.250. The maximum Gasteiger partial charge on any atom is 0.265 e. The van der Waals surface area contributed by atoms with Gasteiger partial charge in [0.1, 0.15) is 0 Å². The Kier molecular flexibility index (Phi) is 3.47. The Morgan fingerprint density at radius 1 is 1.57 bits per heavy atom. The van der Waals surface area contributed by atoms with E-state index in [0.717, 1.165) is 6.20 Å². The average Bonchev–Trinajstić information content (AvgIpc) is 2.13. The predicted molar refractivity (Wildman–Crippen MR) is 46.2 cm³/mol. The van der Waals surface area contributed by atoms with Crippen LogP contribution in [0, 0.1) is 17.3 Å². The van der Waals surface area contributed by atoms with Crippen molar-refractivity contribution in [2.45, 2.75) is 12.8 Å². The molecule has 1 aromatic heterocycles. The van der Waals surface area contributed by atoms with Gasteiger partial charge in [0.15, 0.2) is 0 Å². The summed E-state index contributed by atoms with van der Waals surface area (Å²) in [5.74, 6) is -0.889. The summed E-state index contributed by atoms with van der Waals surface area (Å²) in [5.41, 5.74) is -0.463. The van der Waals surface area contributed by atoms with E-state index in [2.05, 4.69) is 20.9 Å². The van der Waals surface area contributed by atoms with Gasteiger partial charge in [-0.05, 0) is 21.5 Å². The molecule has 74 valence electrons. The van der Waals surface area contributed by atoms with E-state index in [4.69, 9.17) is 5.26 Å². The molecule has 1 rings (SSSR count). The van der Waals surface area contributed by atoms with Crippen LogP contribution in [0.1, 0.15) is 17.6 Å². The van der Waals surface area contributed by atoms with Gasteiger partial charge in [-0.2, -0.15) is 9.65 Å². The predicted octanol–water partition coefficient (Wildman–Crippen LogP) is 2.99. The summed E-state index contributed by atoms with van der Waals surface area (Å²) in [7, 11) is 0. The Hall–Kier alpha value is -1.09. The van der Waals surface area contributed by atoms with E-state index in [1.807, 2.05) is 0 Å². The zero-order valence-corrected chi connectivity index (χ0v) is 8.35. The quantitative estimate of drug-likeness (QED) is 0.771. The molecule has 14 heavy (non-hydrogen) atoms. The molecule has 0 saturated heterocycles. The summed E-state index contributed by atoms with van der Waals surface area (Å²) in [6, 6.07) is 1.69. The van der Waals surface area contributed by atoms with Crippen LogP contribution in [0.15, 0.2) is 10.7 Å². The zero-order chi connectivity index (χ0) is 10.7. The number of pyridine rings is 1. The molecule has 0 bridgehead atoms. The molecule has 1 heterocycles. The summed E-state index contributed by atoms with van der Waals surface area (Å²) in [6.07, 6.45) is -2.29. The van der Waals surface area contributed by atoms with E-state index in [9.17, 15) is 13.2 Å². The molecular weight excluding hydrogens is 261 g/mol. The molecule has 0 aliphatic carbocycles. The Morgan fingerprint density at radius 2 is 2.21 bits per heavy atom. The minimum Gasteiger partial charge on any atom is -0.227 e. The summed E-state index contributed by atoms with van der Waals surface area (Å²) >= 11 is 2.78. The van der Waals surface area contributed by atoms with Gasteiger partial charge >= 0.3 is 0 Å². The maximum atomic E-state index is 12.8. The number of aromatic nitrogens is 1. The summed E-state index contributed by atoms with van der Waals surface area (Å²) in [6.45, 7) is 0. The van der Waals surface area contributed by atoms with Gasteiger partial charge in [-0.25, -0.2) is 13.8 Å². The minimum atomic E-state index is -2.76. The lowest BCUT2D eigenvalue weighted by atomic mass is 10.1. The van der Waals surface area contributed by atoms with Crippen molar-refractivity contribution in [3.63, 3.8) is 0 Å². The molecule has 0 aliphatic heterocycles. The highest BCUT2D eigenvalue weighted by Gasteiger charge is 2.18. The molecule has 0 atom stereocenters. The van der Waals surface area contributed by atoms with Crippen LogP contribution in [-0.4, -0.2) is 4.98 Å². The first-order valence-corrected chi connectivity index (χ1v) is 4.35. The van der Waals surface area contributed by atoms with Crippen molar-refractivity contribution in [1.82, 2.24) is 4.98 Å². The van der Waals surface area contributed by atoms with Crippen molar-refractivity contribution in [2.24, 2.45) is 0 Å². The van der Waals surface area contributed by atoms with Crippen LogP contribution in [0.25, 0.3) is 0 Å². The number of nitrogens with zero attached hydrogens (tertiary/aromatic N) is 2. The molecular formula is C8H4BrF3N2. The Bertz CT molecular complexity index is 387. The van der Waals surface area contributed by atoms with Crippen molar-refractivity contribution in [3.8, 4) is 6.07 Å². The van der Waals surface area contributed by atoms with E-state index >= 15 is 0 Å². The van der Waals surface area contributed by atoms with Crippen LogP contribution in [0.5, 0.6) is 0 Å². The second kappa shape index (κ2) is 4.42. The van der Waals surface area contributed by atoms with Gasteiger partial charge in [0, 0.05) is 11.8 Å². The van der Waals surface area contributed by atoms with Crippen LogP contribution in [0.3, 0.4) is 0 Å². The Balaban J connectivity index is 3.31. The van der Waals surface area contributed by atoms with E-state index in [0.29, 0.717) is 0 Å². The molecule has 0 radical (unpaired) electrons. The molecule has 1 aromatic rings. The van der Waals surface area contributed by atoms with Crippen LogP contribution >= 0.6 is 15.9 Å². The molecule has 6 heteroatoms. The summed E-state index contributed by atoms with van der Waals surface area (Å²) in [5, 5.41) is 8.38. The van der Waals surface area contributed by atoms with E-state index in [1.54, 1.807) is 6.07 Å². The van der Waals surface area contributed by atoms with Crippen LogP contribution in [0.2, 0.25) is 0 Å². The average molecular weight is 265 g/mol. The second-order valence-corrected chi connectivity index (χ2v) is 3.23. The zero-order valence-electron chi connectivity index (χ0n) is 6.77. The second-order valence-electron chi connectivity index (χ2n) is 2.43. The first kappa shape index (κ1) is 11.0. The molecule has 0 aromatic carbocycles. The van der Waals surface area contributed by atoms with Gasteiger partial charge in [-0.1, -0.05) is 0 Å². The third-order valence-corrected chi connectivity index (χ3v) is 2.41. The SMILES string of the molecule is N#CCc1c(C(F)F)cnc(F)c1Br. The number of alkyl halides is 2.